The van der Waals surface area contributed by atoms with Gasteiger partial charge in [-0.2, -0.15) is 0 Å². The highest BCUT2D eigenvalue weighted by atomic mass is 19.1. The molecule has 0 amide bonds. The molecule has 0 unspecified atom stereocenters. The summed E-state index contributed by atoms with van der Waals surface area (Å²) in [6.45, 7) is 5.04. The molecule has 0 heterocycles. The quantitative estimate of drug-likeness (QED) is 0.606. The fourth-order valence-corrected chi connectivity index (χ4v) is 1.72. The van der Waals surface area contributed by atoms with Crippen LogP contribution in [0.5, 0.6) is 0 Å². The molecule has 0 bridgehead atoms. The van der Waals surface area contributed by atoms with Crippen LogP contribution in [0.2, 0.25) is 0 Å². The Labute approximate surface area is 106 Å². The van der Waals surface area contributed by atoms with Crippen molar-refractivity contribution in [3.8, 4) is 0 Å². The number of hydrogen-bond acceptors (Lipinski definition) is 2. The molecule has 0 fully saturated rings. The van der Waals surface area contributed by atoms with Crippen molar-refractivity contribution in [2.24, 2.45) is 5.73 Å². The fourth-order valence-electron chi connectivity index (χ4n) is 1.72. The Bertz CT molecular complexity index is 398. The second kappa shape index (κ2) is 6.44. The lowest BCUT2D eigenvalue weighted by atomic mass is 10.1. The van der Waals surface area contributed by atoms with Gasteiger partial charge in [0.15, 0.2) is 0 Å². The van der Waals surface area contributed by atoms with Crippen molar-refractivity contribution in [1.82, 2.24) is 4.90 Å². The van der Waals surface area contributed by atoms with Gasteiger partial charge in [-0.3, -0.25) is 10.3 Å². The largest absolute Gasteiger partial charge is 0.388 e. The predicted octanol–water partition coefficient (Wildman–Crippen LogP) is 2.50. The summed E-state index contributed by atoms with van der Waals surface area (Å²) in [4.78, 5) is 2.02. The van der Waals surface area contributed by atoms with Gasteiger partial charge in [-0.05, 0) is 31.5 Å². The van der Waals surface area contributed by atoms with E-state index in [1.54, 1.807) is 0 Å². The zero-order valence-corrected chi connectivity index (χ0v) is 10.7. The molecule has 5 heteroatoms. The van der Waals surface area contributed by atoms with Crippen molar-refractivity contribution in [1.29, 1.82) is 5.41 Å². The third-order valence-electron chi connectivity index (χ3n) is 2.71. The molecule has 1 rings (SSSR count). The molecular formula is C13H19F2N3. The smallest absolute Gasteiger partial charge is 0.126 e. The number of nitrogens with zero attached hydrogens (tertiary/aromatic N) is 1. The molecule has 0 aromatic heterocycles. The van der Waals surface area contributed by atoms with E-state index in [-0.39, 0.29) is 11.9 Å². The number of halogens is 2. The van der Waals surface area contributed by atoms with Gasteiger partial charge in [0.05, 0.1) is 5.84 Å². The van der Waals surface area contributed by atoms with Crippen LogP contribution in [-0.4, -0.2) is 23.3 Å². The van der Waals surface area contributed by atoms with Crippen LogP contribution in [0.3, 0.4) is 0 Å². The van der Waals surface area contributed by atoms with Crippen LogP contribution >= 0.6 is 0 Å². The minimum Gasteiger partial charge on any atom is -0.388 e. The topological polar surface area (TPSA) is 53.1 Å². The Balaban J connectivity index is 2.73. The van der Waals surface area contributed by atoms with Gasteiger partial charge in [-0.1, -0.05) is 0 Å². The molecule has 0 atom stereocenters. The van der Waals surface area contributed by atoms with Crippen LogP contribution < -0.4 is 5.73 Å². The van der Waals surface area contributed by atoms with Crippen LogP contribution in [0, 0.1) is 17.0 Å². The Morgan fingerprint density at radius 1 is 1.28 bits per heavy atom. The molecule has 0 saturated carbocycles. The zero-order valence-electron chi connectivity index (χ0n) is 10.7. The summed E-state index contributed by atoms with van der Waals surface area (Å²) in [6.07, 6.45) is 0.454. The Morgan fingerprint density at radius 2 is 1.83 bits per heavy atom. The van der Waals surface area contributed by atoms with Gasteiger partial charge in [-0.25, -0.2) is 8.78 Å². The van der Waals surface area contributed by atoms with Gasteiger partial charge >= 0.3 is 0 Å². The summed E-state index contributed by atoms with van der Waals surface area (Å²) in [5.41, 5.74) is 5.91. The highest BCUT2D eigenvalue weighted by Gasteiger charge is 2.11. The highest BCUT2D eigenvalue weighted by Crippen LogP contribution is 2.12. The molecule has 3 nitrogen and oxygen atoms in total. The molecule has 3 N–H and O–H groups in total. The Hall–Kier alpha value is -1.49. The van der Waals surface area contributed by atoms with E-state index in [4.69, 9.17) is 11.1 Å². The fraction of sp³-hybridized carbons (Fsp3) is 0.462. The first-order valence-electron chi connectivity index (χ1n) is 5.90. The summed E-state index contributed by atoms with van der Waals surface area (Å²) >= 11 is 0. The predicted molar refractivity (Wildman–Crippen MR) is 68.4 cm³/mol. The second-order valence-electron chi connectivity index (χ2n) is 4.62. The molecule has 0 aliphatic carbocycles. The van der Waals surface area contributed by atoms with E-state index in [0.29, 0.717) is 25.1 Å². The molecule has 0 spiro atoms. The number of benzene rings is 1. The normalized spacial score (nSPS) is 11.2. The number of hydrogen-bond donors (Lipinski definition) is 2. The van der Waals surface area contributed by atoms with Crippen molar-refractivity contribution in [2.75, 3.05) is 6.54 Å². The van der Waals surface area contributed by atoms with E-state index in [1.807, 2.05) is 18.7 Å². The average Bonchev–Trinajstić information content (AvgIpc) is 2.22. The zero-order chi connectivity index (χ0) is 13.7. The molecule has 0 aliphatic heterocycles. The summed E-state index contributed by atoms with van der Waals surface area (Å²) in [5.74, 6) is -1.02. The van der Waals surface area contributed by atoms with Gasteiger partial charge in [0, 0.05) is 31.6 Å². The van der Waals surface area contributed by atoms with Crippen LogP contribution in [0.15, 0.2) is 18.2 Å². The van der Waals surface area contributed by atoms with Crippen molar-refractivity contribution in [3.05, 3.63) is 35.4 Å². The van der Waals surface area contributed by atoms with E-state index >= 15 is 0 Å². The minimum absolute atomic E-state index is 0.117. The Morgan fingerprint density at radius 3 is 2.28 bits per heavy atom. The van der Waals surface area contributed by atoms with E-state index < -0.39 is 11.6 Å². The first-order chi connectivity index (χ1) is 8.38. The van der Waals surface area contributed by atoms with Crippen molar-refractivity contribution in [3.63, 3.8) is 0 Å². The van der Waals surface area contributed by atoms with E-state index in [1.165, 1.54) is 12.1 Å². The summed E-state index contributed by atoms with van der Waals surface area (Å²) in [5, 5.41) is 7.21. The number of rotatable bonds is 6. The molecule has 18 heavy (non-hydrogen) atoms. The molecule has 0 saturated heterocycles. The molecule has 1 aromatic rings. The first kappa shape index (κ1) is 14.6. The van der Waals surface area contributed by atoms with Crippen LogP contribution in [0.4, 0.5) is 8.78 Å². The second-order valence-corrected chi connectivity index (χ2v) is 4.62. The van der Waals surface area contributed by atoms with Crippen molar-refractivity contribution in [2.45, 2.75) is 32.9 Å². The van der Waals surface area contributed by atoms with Crippen LogP contribution in [0.1, 0.15) is 25.8 Å². The third-order valence-corrected chi connectivity index (χ3v) is 2.71. The SMILES string of the molecule is CC(C)N(CCC(=N)N)Cc1cc(F)cc(F)c1. The Kier molecular flexibility index (Phi) is 5.22. The lowest BCUT2D eigenvalue weighted by molar-refractivity contribution is 0.218. The number of amidine groups is 1. The van der Waals surface area contributed by atoms with Crippen LogP contribution in [0.25, 0.3) is 0 Å². The van der Waals surface area contributed by atoms with E-state index in [9.17, 15) is 8.78 Å². The molecule has 0 radical (unpaired) electrons. The van der Waals surface area contributed by atoms with Crippen LogP contribution in [-0.2, 0) is 6.54 Å². The lowest BCUT2D eigenvalue weighted by Crippen LogP contribution is -2.33. The maximum Gasteiger partial charge on any atom is 0.126 e. The van der Waals surface area contributed by atoms with E-state index in [2.05, 4.69) is 0 Å². The number of nitrogens with one attached hydrogen (secondary N) is 1. The van der Waals surface area contributed by atoms with Gasteiger partial charge < -0.3 is 5.73 Å². The minimum atomic E-state index is -0.569. The number of nitrogens with two attached hydrogens (primary N) is 1. The van der Waals surface area contributed by atoms with Gasteiger partial charge in [0.2, 0.25) is 0 Å². The molecule has 100 valence electrons. The van der Waals surface area contributed by atoms with Gasteiger partial charge in [0.1, 0.15) is 11.6 Å². The monoisotopic (exact) mass is 255 g/mol. The highest BCUT2D eigenvalue weighted by molar-refractivity contribution is 5.76. The summed E-state index contributed by atoms with van der Waals surface area (Å²) < 4.78 is 26.2. The van der Waals surface area contributed by atoms with Crippen molar-refractivity contribution >= 4 is 5.84 Å². The first-order valence-corrected chi connectivity index (χ1v) is 5.90. The lowest BCUT2D eigenvalue weighted by Gasteiger charge is -2.26. The summed E-state index contributed by atoms with van der Waals surface area (Å²) in [7, 11) is 0. The van der Waals surface area contributed by atoms with Gasteiger partial charge in [-0.15, -0.1) is 0 Å². The summed E-state index contributed by atoms with van der Waals surface area (Å²) in [6, 6.07) is 3.73. The van der Waals surface area contributed by atoms with Gasteiger partial charge in [0.25, 0.3) is 0 Å². The third kappa shape index (κ3) is 4.79. The molecule has 1 aromatic carbocycles. The van der Waals surface area contributed by atoms with E-state index in [0.717, 1.165) is 6.07 Å². The maximum absolute atomic E-state index is 13.1. The molecule has 0 aliphatic rings. The standard InChI is InChI=1S/C13H19F2N3/c1-9(2)18(4-3-13(16)17)8-10-5-11(14)7-12(15)6-10/h5-7,9H,3-4,8H2,1-2H3,(H3,16,17). The maximum atomic E-state index is 13.1. The average molecular weight is 255 g/mol. The van der Waals surface area contributed by atoms with Crippen molar-refractivity contribution < 1.29 is 8.78 Å². The molecular weight excluding hydrogens is 236 g/mol.